The zero-order chi connectivity index (χ0) is 23.3. The van der Waals surface area contributed by atoms with Gasteiger partial charge in [0.05, 0.1) is 17.1 Å². The van der Waals surface area contributed by atoms with Gasteiger partial charge in [-0.05, 0) is 30.4 Å². The van der Waals surface area contributed by atoms with Gasteiger partial charge >= 0.3 is 5.76 Å². The topological polar surface area (TPSA) is 236 Å². The van der Waals surface area contributed by atoms with E-state index in [1.807, 2.05) is 0 Å². The Labute approximate surface area is 178 Å². The number of aliphatic hydroxyl groups is 3. The fraction of sp³-hybridized carbons (Fsp3) is 0.300. The summed E-state index contributed by atoms with van der Waals surface area (Å²) < 4.78 is 5.12. The van der Waals surface area contributed by atoms with Crippen molar-refractivity contribution in [1.29, 1.82) is 0 Å². The van der Waals surface area contributed by atoms with Gasteiger partial charge in [-0.25, -0.2) is 4.79 Å². The lowest BCUT2D eigenvalue weighted by Gasteiger charge is -2.48. The summed E-state index contributed by atoms with van der Waals surface area (Å²) in [7, 11) is 0. The Morgan fingerprint density at radius 2 is 1.94 bits per heavy atom. The van der Waals surface area contributed by atoms with Gasteiger partial charge in [-0.2, -0.15) is 0 Å². The van der Waals surface area contributed by atoms with E-state index in [0.717, 1.165) is 0 Å². The van der Waals surface area contributed by atoms with Gasteiger partial charge in [0, 0.05) is 17.2 Å². The number of aliphatic hydroxyl groups excluding tert-OH is 2. The molecule has 166 valence electrons. The molecule has 1 unspecified atom stereocenters. The van der Waals surface area contributed by atoms with Gasteiger partial charge in [-0.3, -0.25) is 19.4 Å². The van der Waals surface area contributed by atoms with E-state index in [-0.39, 0.29) is 40.8 Å². The molecule has 2 aromatic rings. The number of amides is 1. The molecule has 0 bridgehead atoms. The molecule has 3 aliphatic rings. The molecule has 0 radical (unpaired) electrons. The number of primary amides is 1. The van der Waals surface area contributed by atoms with Crippen molar-refractivity contribution in [3.05, 3.63) is 44.6 Å². The Hall–Kier alpha value is -3.90. The van der Waals surface area contributed by atoms with Crippen LogP contribution in [0.3, 0.4) is 0 Å². The number of fused-ring (bicyclic) bond motifs is 5. The van der Waals surface area contributed by atoms with Gasteiger partial charge < -0.3 is 36.9 Å². The van der Waals surface area contributed by atoms with Crippen LogP contribution in [0.15, 0.2) is 32.2 Å². The van der Waals surface area contributed by atoms with E-state index in [9.17, 15) is 34.5 Å². The molecule has 0 saturated heterocycles. The maximum atomic E-state index is 13.5. The summed E-state index contributed by atoms with van der Waals surface area (Å²) in [6.45, 7) is 0. The van der Waals surface area contributed by atoms with Crippen LogP contribution in [0.1, 0.15) is 17.5 Å². The maximum absolute atomic E-state index is 13.5. The number of benzene rings is 1. The molecule has 1 aromatic carbocycles. The molecule has 10 N–H and O–H groups in total. The third kappa shape index (κ3) is 2.22. The van der Waals surface area contributed by atoms with Crippen molar-refractivity contribution in [1.82, 2.24) is 4.98 Å². The zero-order valence-electron chi connectivity index (χ0n) is 16.3. The van der Waals surface area contributed by atoms with Crippen LogP contribution in [-0.4, -0.2) is 49.4 Å². The van der Waals surface area contributed by atoms with Crippen molar-refractivity contribution in [3.63, 3.8) is 0 Å². The summed E-state index contributed by atoms with van der Waals surface area (Å²) in [5.74, 6) is -8.04. The molecule has 12 nitrogen and oxygen atoms in total. The van der Waals surface area contributed by atoms with Gasteiger partial charge in [-0.1, -0.05) is 0 Å². The second-order valence-corrected chi connectivity index (χ2v) is 8.29. The summed E-state index contributed by atoms with van der Waals surface area (Å²) in [5.41, 5.74) is 14.1. The average molecular weight is 442 g/mol. The van der Waals surface area contributed by atoms with Crippen LogP contribution < -0.4 is 23.0 Å². The molecule has 1 amide bonds. The Morgan fingerprint density at radius 1 is 1.25 bits per heavy atom. The number of ketones is 2. The van der Waals surface area contributed by atoms with Gasteiger partial charge in [-0.15, -0.1) is 0 Å². The summed E-state index contributed by atoms with van der Waals surface area (Å²) >= 11 is 0. The van der Waals surface area contributed by atoms with Gasteiger partial charge in [0.25, 0.3) is 5.91 Å². The number of H-pyrrole nitrogens is 1. The van der Waals surface area contributed by atoms with Crippen LogP contribution in [-0.2, 0) is 20.8 Å². The smallest absolute Gasteiger partial charge is 0.417 e. The number of nitrogens with two attached hydrogens (primary N) is 3. The number of carbonyl (C=O) groups is 3. The van der Waals surface area contributed by atoms with Gasteiger partial charge in [0.1, 0.15) is 17.1 Å². The van der Waals surface area contributed by atoms with Crippen LogP contribution in [0.25, 0.3) is 16.9 Å². The second kappa shape index (κ2) is 6.08. The van der Waals surface area contributed by atoms with Crippen LogP contribution >= 0.6 is 0 Å². The summed E-state index contributed by atoms with van der Waals surface area (Å²) in [5, 5.41) is 32.9. The Kier molecular flexibility index (Phi) is 3.81. The first kappa shape index (κ1) is 20.0. The van der Waals surface area contributed by atoms with E-state index < -0.39 is 63.8 Å². The quantitative estimate of drug-likeness (QED) is 0.203. The number of aromatic amines is 1. The lowest BCUT2D eigenvalue weighted by Crippen LogP contribution is -2.65. The van der Waals surface area contributed by atoms with E-state index in [1.165, 1.54) is 6.07 Å². The molecule has 1 aromatic heterocycles. The number of nitrogen functional groups attached to an aromatic ring is 1. The van der Waals surface area contributed by atoms with Crippen molar-refractivity contribution >= 4 is 40.0 Å². The number of oxazole rings is 1. The minimum absolute atomic E-state index is 0.00905. The molecule has 32 heavy (non-hydrogen) atoms. The Balaban J connectivity index is 1.79. The number of Topliss-reactive ketones (excluding diaryl/α,β-unsaturated/α-hetero) is 2. The standard InChI is InChI=1S/C20H18N4O8/c21-7-3-8-15(32-19(30)24-8)10-5(7)1-4-2-6-12(22)14(26)11(18(23)29)17(28)20(6,31)16(27)9(4)13(10)25/h3-4,6,12,25,28,31H,1-2,21-22H2,(H2,23,29)(H,24,30)/t4-,6-,12?,20-/m0/s1. The number of nitrogens with one attached hydrogen (secondary N) is 1. The van der Waals surface area contributed by atoms with Gasteiger partial charge in [0.2, 0.25) is 5.78 Å². The molecule has 0 aliphatic heterocycles. The first-order valence-corrected chi connectivity index (χ1v) is 9.66. The monoisotopic (exact) mass is 442 g/mol. The fourth-order valence-corrected chi connectivity index (χ4v) is 5.23. The van der Waals surface area contributed by atoms with E-state index in [2.05, 4.69) is 4.98 Å². The first-order chi connectivity index (χ1) is 15.0. The lowest BCUT2D eigenvalue weighted by molar-refractivity contribution is -0.149. The highest BCUT2D eigenvalue weighted by atomic mass is 16.4. The third-order valence-corrected chi connectivity index (χ3v) is 6.70. The molecule has 4 atom stereocenters. The Bertz CT molecular complexity index is 1400. The lowest BCUT2D eigenvalue weighted by atomic mass is 9.58. The highest BCUT2D eigenvalue weighted by molar-refractivity contribution is 6.24. The molecule has 0 spiro atoms. The molecular formula is C20H18N4O8. The zero-order valence-corrected chi connectivity index (χ0v) is 16.3. The summed E-state index contributed by atoms with van der Waals surface area (Å²) in [6.07, 6.45) is 0.0242. The van der Waals surface area contributed by atoms with Crippen molar-refractivity contribution in [3.8, 4) is 0 Å². The predicted octanol–water partition coefficient (Wildman–Crippen LogP) is -1.33. The minimum atomic E-state index is -2.74. The van der Waals surface area contributed by atoms with Crippen molar-refractivity contribution in [2.45, 2.75) is 24.5 Å². The largest absolute Gasteiger partial charge is 0.508 e. The molecule has 5 rings (SSSR count). The first-order valence-electron chi connectivity index (χ1n) is 9.66. The van der Waals surface area contributed by atoms with Crippen molar-refractivity contribution in [2.75, 3.05) is 5.73 Å². The molecule has 3 aliphatic carbocycles. The van der Waals surface area contributed by atoms with E-state index in [4.69, 9.17) is 21.6 Å². The number of rotatable bonds is 1. The summed E-state index contributed by atoms with van der Waals surface area (Å²) in [4.78, 5) is 51.8. The van der Waals surface area contributed by atoms with Crippen molar-refractivity contribution < 1.29 is 34.1 Å². The van der Waals surface area contributed by atoms with Crippen LogP contribution in [0, 0.1) is 11.8 Å². The normalized spacial score (nSPS) is 29.8. The maximum Gasteiger partial charge on any atom is 0.417 e. The van der Waals surface area contributed by atoms with Gasteiger partial charge in [0.15, 0.2) is 17.0 Å². The molecule has 1 fully saturated rings. The van der Waals surface area contributed by atoms with Crippen LogP contribution in [0.4, 0.5) is 5.69 Å². The van der Waals surface area contributed by atoms with E-state index >= 15 is 0 Å². The van der Waals surface area contributed by atoms with Crippen LogP contribution in [0.2, 0.25) is 0 Å². The number of carbonyl (C=O) groups excluding carboxylic acids is 3. The minimum Gasteiger partial charge on any atom is -0.508 e. The average Bonchev–Trinajstić information content (AvgIpc) is 3.08. The molecular weight excluding hydrogens is 424 g/mol. The predicted molar refractivity (Wildman–Crippen MR) is 108 cm³/mol. The number of aromatic nitrogens is 1. The molecule has 1 saturated carbocycles. The molecule has 12 heteroatoms. The second-order valence-electron chi connectivity index (χ2n) is 8.29. The van der Waals surface area contributed by atoms with Crippen molar-refractivity contribution in [2.24, 2.45) is 23.3 Å². The highest BCUT2D eigenvalue weighted by Crippen LogP contribution is 2.52. The fourth-order valence-electron chi connectivity index (χ4n) is 5.23. The van der Waals surface area contributed by atoms with E-state index in [0.29, 0.717) is 5.56 Å². The van der Waals surface area contributed by atoms with Crippen LogP contribution in [0.5, 0.6) is 0 Å². The summed E-state index contributed by atoms with van der Waals surface area (Å²) in [6, 6.07) is -0.0306. The molecule has 1 heterocycles. The third-order valence-electron chi connectivity index (χ3n) is 6.70. The number of anilines is 1. The Morgan fingerprint density at radius 3 is 2.59 bits per heavy atom. The van der Waals surface area contributed by atoms with E-state index in [1.54, 1.807) is 0 Å². The number of hydrogen-bond acceptors (Lipinski definition) is 10. The number of hydrogen-bond donors (Lipinski definition) is 7. The highest BCUT2D eigenvalue weighted by Gasteiger charge is 2.63. The SMILES string of the molecule is NC(=O)C1=C(O)[C@@]2(O)C(=O)C3=C(O)c4c(c(N)cc5[nH]c(=O)oc45)C[C@H]3C[C@H]2C(N)C1=O.